The van der Waals surface area contributed by atoms with Crippen LogP contribution in [0.4, 0.5) is 4.79 Å². The Morgan fingerprint density at radius 2 is 1.88 bits per heavy atom. The molecule has 41 heavy (non-hydrogen) atoms. The van der Waals surface area contributed by atoms with Crippen LogP contribution >= 0.6 is 38.6 Å². The first-order valence-corrected chi connectivity index (χ1v) is 14.6. The van der Waals surface area contributed by atoms with Gasteiger partial charge in [0.15, 0.2) is 0 Å². The van der Waals surface area contributed by atoms with E-state index in [1.807, 2.05) is 38.1 Å². The SMILES string of the molecule is CC(C)(COC(=O)N[C@@H](CC1CCCCC1)C(=O)N[C@H](C#N)CC1CC2(CC2)NC1=O)Cc1cccc(Cl)c1.S.S. The maximum Gasteiger partial charge on any atom is 0.407 e. The molecule has 0 bridgehead atoms. The second-order valence-corrected chi connectivity index (χ2v) is 13.0. The number of benzene rings is 1. The number of hydrogen-bond acceptors (Lipinski definition) is 5. The highest BCUT2D eigenvalue weighted by atomic mass is 35.5. The average Bonchev–Trinajstić information content (AvgIpc) is 3.57. The molecule has 1 aliphatic heterocycles. The smallest absolute Gasteiger partial charge is 0.407 e. The van der Waals surface area contributed by atoms with Crippen molar-refractivity contribution in [1.82, 2.24) is 16.0 Å². The molecule has 1 heterocycles. The van der Waals surface area contributed by atoms with Crippen molar-refractivity contribution in [1.29, 1.82) is 5.26 Å². The molecule has 3 fully saturated rings. The predicted octanol–water partition coefficient (Wildman–Crippen LogP) is 5.27. The van der Waals surface area contributed by atoms with Crippen molar-refractivity contribution in [3.05, 3.63) is 34.9 Å². The van der Waals surface area contributed by atoms with Gasteiger partial charge in [0.2, 0.25) is 11.8 Å². The summed E-state index contributed by atoms with van der Waals surface area (Å²) >= 11 is 6.11. The van der Waals surface area contributed by atoms with Crippen molar-refractivity contribution in [3.8, 4) is 6.07 Å². The molecule has 2 aliphatic carbocycles. The van der Waals surface area contributed by atoms with Crippen molar-refractivity contribution >= 4 is 56.5 Å². The van der Waals surface area contributed by atoms with E-state index in [-0.39, 0.29) is 62.8 Å². The Labute approximate surface area is 263 Å². The molecule has 2 saturated carbocycles. The van der Waals surface area contributed by atoms with Crippen molar-refractivity contribution in [3.63, 3.8) is 0 Å². The summed E-state index contributed by atoms with van der Waals surface area (Å²) in [5, 5.41) is 19.0. The minimum atomic E-state index is -0.806. The van der Waals surface area contributed by atoms with E-state index in [0.717, 1.165) is 44.1 Å². The number of rotatable bonds is 11. The van der Waals surface area contributed by atoms with E-state index in [1.54, 1.807) is 0 Å². The Bertz CT molecular complexity index is 1100. The van der Waals surface area contributed by atoms with Gasteiger partial charge >= 0.3 is 6.09 Å². The summed E-state index contributed by atoms with van der Waals surface area (Å²) in [5.74, 6) is -0.400. The van der Waals surface area contributed by atoms with E-state index in [2.05, 4.69) is 22.0 Å². The van der Waals surface area contributed by atoms with Crippen LogP contribution in [0.2, 0.25) is 5.02 Å². The van der Waals surface area contributed by atoms with Crippen LogP contribution < -0.4 is 16.0 Å². The van der Waals surface area contributed by atoms with Gasteiger partial charge in [-0.25, -0.2) is 4.79 Å². The maximum absolute atomic E-state index is 13.3. The lowest BCUT2D eigenvalue weighted by Crippen LogP contribution is -2.51. The Morgan fingerprint density at radius 3 is 2.49 bits per heavy atom. The molecule has 4 rings (SSSR count). The summed E-state index contributed by atoms with van der Waals surface area (Å²) in [7, 11) is 0. The highest BCUT2D eigenvalue weighted by Crippen LogP contribution is 2.46. The summed E-state index contributed by atoms with van der Waals surface area (Å²) in [5.41, 5.74) is 0.633. The minimum absolute atomic E-state index is 0. The summed E-state index contributed by atoms with van der Waals surface area (Å²) in [6.45, 7) is 4.19. The molecule has 3 amide bonds. The van der Waals surface area contributed by atoms with Crippen LogP contribution in [-0.4, -0.2) is 42.1 Å². The number of carbonyl (C=O) groups is 3. The molecule has 1 aromatic carbocycles. The Balaban J connectivity index is 0.00000294. The first-order chi connectivity index (χ1) is 18.6. The van der Waals surface area contributed by atoms with Gasteiger partial charge in [-0.3, -0.25) is 9.59 Å². The largest absolute Gasteiger partial charge is 0.449 e. The molecule has 8 nitrogen and oxygen atoms in total. The number of amides is 3. The summed E-state index contributed by atoms with van der Waals surface area (Å²) in [6.07, 6.45) is 8.89. The molecule has 1 saturated heterocycles. The third kappa shape index (κ3) is 10.6. The van der Waals surface area contributed by atoms with E-state index >= 15 is 0 Å². The molecule has 1 spiro atoms. The molecule has 1 unspecified atom stereocenters. The summed E-state index contributed by atoms with van der Waals surface area (Å²) < 4.78 is 5.58. The summed E-state index contributed by atoms with van der Waals surface area (Å²) in [6, 6.07) is 8.15. The number of alkyl carbamates (subject to hydrolysis) is 1. The van der Waals surface area contributed by atoms with E-state index in [1.165, 1.54) is 6.42 Å². The first kappa shape index (κ1) is 35.1. The van der Waals surface area contributed by atoms with Crippen molar-refractivity contribution in [2.24, 2.45) is 17.3 Å². The monoisotopic (exact) mass is 624 g/mol. The lowest BCUT2D eigenvalue weighted by Gasteiger charge is -2.28. The fourth-order valence-corrected chi connectivity index (χ4v) is 6.25. The number of nitriles is 1. The van der Waals surface area contributed by atoms with Gasteiger partial charge in [0.1, 0.15) is 12.1 Å². The number of hydrogen-bond donors (Lipinski definition) is 3. The van der Waals surface area contributed by atoms with Crippen LogP contribution in [-0.2, 0) is 20.7 Å². The zero-order valence-corrected chi connectivity index (χ0v) is 26.8. The molecule has 0 radical (unpaired) electrons. The second-order valence-electron chi connectivity index (χ2n) is 12.6. The van der Waals surface area contributed by atoms with Crippen molar-refractivity contribution < 1.29 is 19.1 Å². The highest BCUT2D eigenvalue weighted by molar-refractivity contribution is 7.59. The van der Waals surface area contributed by atoms with Gasteiger partial charge in [0.25, 0.3) is 0 Å². The van der Waals surface area contributed by atoms with Crippen LogP contribution in [0, 0.1) is 28.6 Å². The number of nitrogens with one attached hydrogen (secondary N) is 3. The van der Waals surface area contributed by atoms with Gasteiger partial charge in [-0.1, -0.05) is 69.7 Å². The summed E-state index contributed by atoms with van der Waals surface area (Å²) in [4.78, 5) is 38.6. The standard InChI is InChI=1S/C30H41ClN4O4.2H2S/c1-29(2,16-21-9-6-10-23(31)13-21)19-39-28(38)34-25(14-20-7-4-3-5-8-20)27(37)33-24(18-32)15-22-17-30(11-12-30)35-26(22)36;;/h6,9-10,13,20,22,24-25H,3-5,7-8,11-12,14-17,19H2,1-2H3,(H,33,37)(H,34,38)(H,35,36);2*1H2/t22?,24-,25-;;/m0../s1. The van der Waals surface area contributed by atoms with Crippen LogP contribution in [0.15, 0.2) is 24.3 Å². The van der Waals surface area contributed by atoms with Gasteiger partial charge in [-0.15, -0.1) is 0 Å². The van der Waals surface area contributed by atoms with Crippen LogP contribution in [0.25, 0.3) is 0 Å². The van der Waals surface area contributed by atoms with E-state index in [9.17, 15) is 19.6 Å². The zero-order chi connectivity index (χ0) is 28.0. The molecule has 11 heteroatoms. The topological polar surface area (TPSA) is 120 Å². The third-order valence-corrected chi connectivity index (χ3v) is 8.55. The fraction of sp³-hybridized carbons (Fsp3) is 0.667. The second kappa shape index (κ2) is 15.4. The number of carbonyl (C=O) groups excluding carboxylic acids is 3. The van der Waals surface area contributed by atoms with Gasteiger partial charge in [0, 0.05) is 21.9 Å². The molecule has 1 aromatic rings. The highest BCUT2D eigenvalue weighted by Gasteiger charge is 2.52. The maximum atomic E-state index is 13.3. The normalized spacial score (nSPS) is 20.8. The number of nitrogens with zero attached hydrogens (tertiary/aromatic N) is 1. The number of halogens is 1. The molecular formula is C30H45ClN4O4S2. The lowest BCUT2D eigenvalue weighted by molar-refractivity contribution is -0.125. The third-order valence-electron chi connectivity index (χ3n) is 8.31. The van der Waals surface area contributed by atoms with Crippen LogP contribution in [0.5, 0.6) is 0 Å². The molecule has 0 aromatic heterocycles. The number of ether oxygens (including phenoxy) is 1. The zero-order valence-electron chi connectivity index (χ0n) is 24.1. The van der Waals surface area contributed by atoms with E-state index < -0.39 is 24.1 Å². The molecule has 3 aliphatic rings. The molecule has 228 valence electrons. The van der Waals surface area contributed by atoms with Gasteiger partial charge in [-0.05, 0) is 62.1 Å². The fourth-order valence-electron chi connectivity index (χ4n) is 6.03. The van der Waals surface area contributed by atoms with Crippen molar-refractivity contribution in [2.45, 2.75) is 102 Å². The van der Waals surface area contributed by atoms with Crippen LogP contribution in [0.1, 0.15) is 83.6 Å². The molecule has 3 atom stereocenters. The van der Waals surface area contributed by atoms with E-state index in [4.69, 9.17) is 16.3 Å². The Hall–Kier alpha value is -2.09. The van der Waals surface area contributed by atoms with E-state index in [0.29, 0.717) is 30.2 Å². The van der Waals surface area contributed by atoms with Crippen molar-refractivity contribution in [2.75, 3.05) is 6.61 Å². The Morgan fingerprint density at radius 1 is 1.17 bits per heavy atom. The minimum Gasteiger partial charge on any atom is -0.449 e. The lowest BCUT2D eigenvalue weighted by atomic mass is 9.84. The van der Waals surface area contributed by atoms with Gasteiger partial charge < -0.3 is 20.7 Å². The average molecular weight is 625 g/mol. The quantitative estimate of drug-likeness (QED) is 0.310. The predicted molar refractivity (Wildman–Crippen MR) is 170 cm³/mol. The first-order valence-electron chi connectivity index (χ1n) is 14.3. The Kier molecular flexibility index (Phi) is 13.2. The molecular weight excluding hydrogens is 580 g/mol. The van der Waals surface area contributed by atoms with Gasteiger partial charge in [-0.2, -0.15) is 32.3 Å². The molecule has 3 N–H and O–H groups in total. The van der Waals surface area contributed by atoms with Gasteiger partial charge in [0.05, 0.1) is 12.7 Å². The van der Waals surface area contributed by atoms with Crippen LogP contribution in [0.3, 0.4) is 0 Å².